The zero-order valence-electron chi connectivity index (χ0n) is 35.2. The molecule has 0 amide bonds. The average Bonchev–Trinajstić information content (AvgIpc) is 3.24. The third kappa shape index (κ3) is 16.7. The second-order valence-electron chi connectivity index (χ2n) is 15.5. The lowest BCUT2D eigenvalue weighted by molar-refractivity contribution is -0.365. The quantitative estimate of drug-likeness (QED) is 0.0448. The predicted molar refractivity (Wildman–Crippen MR) is 223 cm³/mol. The third-order valence-corrected chi connectivity index (χ3v) is 10.9. The summed E-state index contributed by atoms with van der Waals surface area (Å²) in [7, 11) is 0. The third-order valence-electron chi connectivity index (χ3n) is 10.9. The van der Waals surface area contributed by atoms with E-state index in [-0.39, 0.29) is 31.7 Å². The van der Waals surface area contributed by atoms with Crippen LogP contribution < -0.4 is 0 Å². The highest BCUT2D eigenvalue weighted by Crippen LogP contribution is 2.34. The lowest BCUT2D eigenvalue weighted by Crippen LogP contribution is -2.66. The van der Waals surface area contributed by atoms with Crippen molar-refractivity contribution in [3.05, 3.63) is 72.9 Å². The Balaban J connectivity index is 1.40. The minimum absolute atomic E-state index is 0.0585. The molecule has 3 fully saturated rings. The number of allylic oxidation sites excluding steroid dienone is 12. The predicted octanol–water partition coefficient (Wildman–Crippen LogP) is 2.36. The normalized spacial score (nSPS) is 35.7. The van der Waals surface area contributed by atoms with Crippen LogP contribution >= 0.6 is 0 Å². The topological polar surface area (TPSA) is 245 Å². The second kappa shape index (κ2) is 29.0. The van der Waals surface area contributed by atoms with Crippen LogP contribution in [0.5, 0.6) is 0 Å². The molecule has 0 spiro atoms. The zero-order chi connectivity index (χ0) is 43.9. The fourth-order valence-corrected chi connectivity index (χ4v) is 7.30. The molecule has 2 heterocycles. The van der Waals surface area contributed by atoms with Crippen LogP contribution in [0.1, 0.15) is 90.9 Å². The number of hydrogen-bond acceptors (Lipinski definition) is 15. The van der Waals surface area contributed by atoms with Crippen molar-refractivity contribution < 1.29 is 74.4 Å². The summed E-state index contributed by atoms with van der Waals surface area (Å²) in [5.74, 6) is -0.810. The Morgan fingerprint density at radius 2 is 1.08 bits per heavy atom. The summed E-state index contributed by atoms with van der Waals surface area (Å²) in [6.07, 6.45) is 12.3. The van der Waals surface area contributed by atoms with E-state index in [1.807, 2.05) is 12.2 Å². The van der Waals surface area contributed by atoms with E-state index in [4.69, 9.17) is 23.7 Å². The summed E-state index contributed by atoms with van der Waals surface area (Å²) in [6.45, 7) is 2.65. The van der Waals surface area contributed by atoms with E-state index in [0.29, 0.717) is 19.3 Å². The number of aliphatic hydroxyl groups excluding tert-OH is 9. The van der Waals surface area contributed by atoms with Gasteiger partial charge in [0.05, 0.1) is 31.5 Å². The van der Waals surface area contributed by atoms with E-state index >= 15 is 0 Å². The van der Waals surface area contributed by atoms with Gasteiger partial charge < -0.3 is 69.6 Å². The van der Waals surface area contributed by atoms with Crippen molar-refractivity contribution in [3.63, 3.8) is 0 Å². The molecule has 1 saturated carbocycles. The molecule has 0 aromatic heterocycles. The van der Waals surface area contributed by atoms with Crippen LogP contribution in [-0.4, -0.2) is 157 Å². The SMILES string of the molecule is CC/C=C\C/C=C\C/C=C\C/C=C\C/C=C\C/C=C\CCC(=O)CCCO[C@@H]1O[C@H](CC)[C@@H](O)[C@H](O[C@@H]2O[C@H](CO)[C@@H](O)[C@H](O[C@@H]3C[C@H](CO)[C@@H](O)[C@H](O)[C@H]3O)[C@H]2O)[C@H]1O. The number of ketones is 1. The Hall–Kier alpha value is -2.45. The summed E-state index contributed by atoms with van der Waals surface area (Å²) in [4.78, 5) is 12.5. The lowest BCUT2D eigenvalue weighted by Gasteiger charge is -2.48. The van der Waals surface area contributed by atoms with Gasteiger partial charge in [-0.3, -0.25) is 4.79 Å². The molecule has 3 rings (SSSR count). The maximum absolute atomic E-state index is 12.5. The molecule has 9 N–H and O–H groups in total. The van der Waals surface area contributed by atoms with Crippen molar-refractivity contribution >= 4 is 5.78 Å². The molecule has 0 radical (unpaired) electrons. The Morgan fingerprint density at radius 3 is 1.63 bits per heavy atom. The van der Waals surface area contributed by atoms with Crippen molar-refractivity contribution in [2.75, 3.05) is 19.8 Å². The monoisotopic (exact) mass is 852 g/mol. The second-order valence-corrected chi connectivity index (χ2v) is 15.5. The van der Waals surface area contributed by atoms with Gasteiger partial charge >= 0.3 is 0 Å². The van der Waals surface area contributed by atoms with Crippen LogP contribution in [0.3, 0.4) is 0 Å². The van der Waals surface area contributed by atoms with Crippen LogP contribution in [0.2, 0.25) is 0 Å². The fraction of sp³-hybridized carbons (Fsp3) is 0.711. The first kappa shape index (κ1) is 51.9. The Morgan fingerprint density at radius 1 is 0.567 bits per heavy atom. The molecule has 1 aliphatic carbocycles. The molecule has 15 nitrogen and oxygen atoms in total. The van der Waals surface area contributed by atoms with Gasteiger partial charge in [0.1, 0.15) is 60.7 Å². The van der Waals surface area contributed by atoms with E-state index in [9.17, 15) is 50.8 Å². The van der Waals surface area contributed by atoms with Gasteiger partial charge in [-0.25, -0.2) is 0 Å². The summed E-state index contributed by atoms with van der Waals surface area (Å²) in [5, 5.41) is 95.1. The Labute approximate surface area is 355 Å². The van der Waals surface area contributed by atoms with Crippen LogP contribution in [0, 0.1) is 5.92 Å². The maximum atomic E-state index is 12.5. The number of rotatable bonds is 26. The molecule has 60 heavy (non-hydrogen) atoms. The number of hydrogen-bond donors (Lipinski definition) is 9. The molecular weight excluding hydrogens is 780 g/mol. The van der Waals surface area contributed by atoms with Gasteiger partial charge in [0.25, 0.3) is 0 Å². The van der Waals surface area contributed by atoms with E-state index < -0.39 is 105 Å². The van der Waals surface area contributed by atoms with Crippen molar-refractivity contribution in [3.8, 4) is 0 Å². The lowest BCUT2D eigenvalue weighted by atomic mass is 9.81. The standard InChI is InChI=1S/C45H72O15/c1-3-5-6-7-8-9-10-11-12-13-14-15-16-17-18-19-20-21-22-24-31(48)25-23-26-56-44-40(54)43(37(51)32(4-2)58-44)60-45-41(55)42(38(52)34(29-47)59-45)57-33-27-30(28-46)35(49)39(53)36(33)50/h5-6,8-9,11-12,14-15,17-18,20-21,30,32-47,49-55H,3-4,7,10,13,16,19,22-29H2,1-2H3/b6-5-,9-8-,12-11-,15-14-,18-17-,21-20-/t30-,32-,33-,34-,35-,36+,37-,38-,39+,40-,41-,42+,43+,44-,45+/m1/s1. The fourth-order valence-electron chi connectivity index (χ4n) is 7.30. The highest BCUT2D eigenvalue weighted by atomic mass is 16.7. The van der Waals surface area contributed by atoms with Crippen molar-refractivity contribution in [1.82, 2.24) is 0 Å². The van der Waals surface area contributed by atoms with Gasteiger partial charge in [-0.1, -0.05) is 86.8 Å². The zero-order valence-corrected chi connectivity index (χ0v) is 35.2. The summed E-state index contributed by atoms with van der Waals surface area (Å²) >= 11 is 0. The van der Waals surface area contributed by atoms with Crippen LogP contribution in [0.4, 0.5) is 0 Å². The molecule has 342 valence electrons. The molecule has 2 aliphatic heterocycles. The molecule has 0 unspecified atom stereocenters. The number of Topliss-reactive ketones (excluding diaryl/α,β-unsaturated/α-hetero) is 1. The average molecular weight is 853 g/mol. The van der Waals surface area contributed by atoms with Crippen molar-refractivity contribution in [2.45, 2.75) is 177 Å². The molecule has 15 atom stereocenters. The largest absolute Gasteiger partial charge is 0.396 e. The number of carbonyl (C=O) groups is 1. The molecule has 15 heteroatoms. The summed E-state index contributed by atoms with van der Waals surface area (Å²) in [5.41, 5.74) is 0. The molecule has 0 aromatic rings. The summed E-state index contributed by atoms with van der Waals surface area (Å²) < 4.78 is 29.0. The number of ether oxygens (including phenoxy) is 5. The molecular formula is C45H72O15. The van der Waals surface area contributed by atoms with Gasteiger partial charge in [-0.2, -0.15) is 0 Å². The Bertz CT molecular complexity index is 1360. The Kier molecular flexibility index (Phi) is 25.1. The maximum Gasteiger partial charge on any atom is 0.187 e. The summed E-state index contributed by atoms with van der Waals surface area (Å²) in [6, 6.07) is 0. The van der Waals surface area contributed by atoms with Gasteiger partial charge in [-0.15, -0.1) is 0 Å². The minimum Gasteiger partial charge on any atom is -0.396 e. The van der Waals surface area contributed by atoms with Crippen molar-refractivity contribution in [2.24, 2.45) is 5.92 Å². The van der Waals surface area contributed by atoms with Gasteiger partial charge in [-0.05, 0) is 64.2 Å². The first-order valence-electron chi connectivity index (χ1n) is 21.6. The number of carbonyl (C=O) groups excluding carboxylic acids is 1. The van der Waals surface area contributed by atoms with Crippen molar-refractivity contribution in [1.29, 1.82) is 0 Å². The molecule has 2 saturated heterocycles. The first-order chi connectivity index (χ1) is 29.0. The first-order valence-corrected chi connectivity index (χ1v) is 21.6. The smallest absolute Gasteiger partial charge is 0.187 e. The van der Waals surface area contributed by atoms with Crippen LogP contribution in [0.25, 0.3) is 0 Å². The van der Waals surface area contributed by atoms with E-state index in [0.717, 1.165) is 38.5 Å². The highest BCUT2D eigenvalue weighted by Gasteiger charge is 2.53. The van der Waals surface area contributed by atoms with Gasteiger partial charge in [0.15, 0.2) is 12.6 Å². The molecule has 0 aromatic carbocycles. The van der Waals surface area contributed by atoms with E-state index in [2.05, 4.69) is 67.7 Å². The van der Waals surface area contributed by atoms with Gasteiger partial charge in [0, 0.05) is 25.4 Å². The van der Waals surface area contributed by atoms with Crippen LogP contribution in [-0.2, 0) is 28.5 Å². The van der Waals surface area contributed by atoms with E-state index in [1.165, 1.54) is 0 Å². The highest BCUT2D eigenvalue weighted by molar-refractivity contribution is 5.78. The molecule has 3 aliphatic rings. The number of aliphatic hydroxyl groups is 9. The van der Waals surface area contributed by atoms with E-state index in [1.54, 1.807) is 6.92 Å². The minimum atomic E-state index is -1.80. The molecule has 0 bridgehead atoms. The van der Waals surface area contributed by atoms with Gasteiger partial charge in [0.2, 0.25) is 0 Å². The van der Waals surface area contributed by atoms with Crippen LogP contribution in [0.15, 0.2) is 72.9 Å².